The molecule has 2 rings (SSSR count). The van der Waals surface area contributed by atoms with Crippen LogP contribution in [0.3, 0.4) is 0 Å². The number of rotatable bonds is 2. The minimum absolute atomic E-state index is 0.233. The van der Waals surface area contributed by atoms with E-state index in [9.17, 15) is 4.39 Å². The summed E-state index contributed by atoms with van der Waals surface area (Å²) in [5.74, 6) is -0.233. The molecule has 94 valence electrons. The standard InChI is InChI=1S/C16H18FN/c1-10-7-8-14(15(17)9-10)16(18)13-6-4-5-11(2)12(13)3/h4-9,16H,18H2,1-3H3. The normalized spacial score (nSPS) is 12.5. The molecule has 0 saturated carbocycles. The summed E-state index contributed by atoms with van der Waals surface area (Å²) in [5.41, 5.74) is 10.9. The van der Waals surface area contributed by atoms with Gasteiger partial charge in [0, 0.05) is 5.56 Å². The van der Waals surface area contributed by atoms with Gasteiger partial charge in [0.1, 0.15) is 5.82 Å². The molecular formula is C16H18FN. The predicted octanol–water partition coefficient (Wildman–Crippen LogP) is 3.80. The zero-order chi connectivity index (χ0) is 13.3. The Morgan fingerprint density at radius 2 is 1.72 bits per heavy atom. The van der Waals surface area contributed by atoms with Gasteiger partial charge in [0.25, 0.3) is 0 Å². The van der Waals surface area contributed by atoms with E-state index in [-0.39, 0.29) is 5.82 Å². The number of nitrogens with two attached hydrogens (primary N) is 1. The molecule has 2 aromatic carbocycles. The van der Waals surface area contributed by atoms with Gasteiger partial charge in [0.15, 0.2) is 0 Å². The van der Waals surface area contributed by atoms with Crippen LogP contribution in [0.5, 0.6) is 0 Å². The van der Waals surface area contributed by atoms with E-state index < -0.39 is 6.04 Å². The quantitative estimate of drug-likeness (QED) is 0.853. The Labute approximate surface area is 107 Å². The summed E-state index contributed by atoms with van der Waals surface area (Å²) in [6.45, 7) is 5.93. The summed E-state index contributed by atoms with van der Waals surface area (Å²) >= 11 is 0. The molecular weight excluding hydrogens is 225 g/mol. The fourth-order valence-corrected chi connectivity index (χ4v) is 2.16. The van der Waals surface area contributed by atoms with E-state index in [1.807, 2.05) is 45.0 Å². The van der Waals surface area contributed by atoms with Crippen molar-refractivity contribution in [1.29, 1.82) is 0 Å². The lowest BCUT2D eigenvalue weighted by molar-refractivity contribution is 0.598. The van der Waals surface area contributed by atoms with Crippen molar-refractivity contribution in [3.8, 4) is 0 Å². The number of halogens is 1. The second-order valence-corrected chi connectivity index (χ2v) is 4.79. The van der Waals surface area contributed by atoms with Crippen molar-refractivity contribution in [2.75, 3.05) is 0 Å². The Morgan fingerprint density at radius 3 is 2.39 bits per heavy atom. The molecule has 0 aliphatic heterocycles. The van der Waals surface area contributed by atoms with Crippen LogP contribution in [0.2, 0.25) is 0 Å². The monoisotopic (exact) mass is 243 g/mol. The Morgan fingerprint density at radius 1 is 1.00 bits per heavy atom. The summed E-state index contributed by atoms with van der Waals surface area (Å²) in [4.78, 5) is 0. The number of aryl methyl sites for hydroxylation is 2. The largest absolute Gasteiger partial charge is 0.320 e. The average molecular weight is 243 g/mol. The number of hydrogen-bond donors (Lipinski definition) is 1. The van der Waals surface area contributed by atoms with Crippen LogP contribution >= 0.6 is 0 Å². The van der Waals surface area contributed by atoms with Crippen molar-refractivity contribution in [1.82, 2.24) is 0 Å². The molecule has 2 heteroatoms. The van der Waals surface area contributed by atoms with Crippen LogP contribution < -0.4 is 5.73 Å². The summed E-state index contributed by atoms with van der Waals surface area (Å²) in [5, 5.41) is 0. The maximum atomic E-state index is 13.9. The van der Waals surface area contributed by atoms with Gasteiger partial charge in [-0.05, 0) is 49.1 Å². The molecule has 2 aromatic rings. The molecule has 0 amide bonds. The third-order valence-electron chi connectivity index (χ3n) is 3.47. The molecule has 0 aromatic heterocycles. The number of hydrogen-bond acceptors (Lipinski definition) is 1. The first-order chi connectivity index (χ1) is 8.50. The van der Waals surface area contributed by atoms with Gasteiger partial charge >= 0.3 is 0 Å². The van der Waals surface area contributed by atoms with Crippen LogP contribution in [-0.4, -0.2) is 0 Å². The van der Waals surface area contributed by atoms with E-state index in [0.717, 1.165) is 16.7 Å². The van der Waals surface area contributed by atoms with Crippen LogP contribution in [0.1, 0.15) is 33.9 Å². The highest BCUT2D eigenvalue weighted by atomic mass is 19.1. The first-order valence-corrected chi connectivity index (χ1v) is 6.08. The van der Waals surface area contributed by atoms with E-state index in [1.165, 1.54) is 11.6 Å². The molecule has 18 heavy (non-hydrogen) atoms. The molecule has 1 unspecified atom stereocenters. The molecule has 0 spiro atoms. The van der Waals surface area contributed by atoms with Crippen LogP contribution in [0.25, 0.3) is 0 Å². The molecule has 0 fully saturated rings. The van der Waals surface area contributed by atoms with Gasteiger partial charge in [0.05, 0.1) is 6.04 Å². The van der Waals surface area contributed by atoms with Crippen molar-refractivity contribution in [3.63, 3.8) is 0 Å². The summed E-state index contributed by atoms with van der Waals surface area (Å²) in [6, 6.07) is 10.7. The zero-order valence-corrected chi connectivity index (χ0v) is 11.0. The highest BCUT2D eigenvalue weighted by Gasteiger charge is 2.15. The van der Waals surface area contributed by atoms with Crippen molar-refractivity contribution < 1.29 is 4.39 Å². The van der Waals surface area contributed by atoms with Crippen molar-refractivity contribution >= 4 is 0 Å². The second-order valence-electron chi connectivity index (χ2n) is 4.79. The SMILES string of the molecule is Cc1ccc(C(N)c2cccc(C)c2C)c(F)c1. The first kappa shape index (κ1) is 12.8. The lowest BCUT2D eigenvalue weighted by Gasteiger charge is -2.17. The first-order valence-electron chi connectivity index (χ1n) is 6.08. The van der Waals surface area contributed by atoms with Crippen molar-refractivity contribution in [2.24, 2.45) is 5.73 Å². The van der Waals surface area contributed by atoms with Crippen molar-refractivity contribution in [3.05, 3.63) is 70.0 Å². The molecule has 0 aliphatic rings. The van der Waals surface area contributed by atoms with Gasteiger partial charge < -0.3 is 5.73 Å². The van der Waals surface area contributed by atoms with Gasteiger partial charge in [-0.15, -0.1) is 0 Å². The van der Waals surface area contributed by atoms with Crippen LogP contribution in [-0.2, 0) is 0 Å². The highest BCUT2D eigenvalue weighted by molar-refractivity contribution is 5.41. The summed E-state index contributed by atoms with van der Waals surface area (Å²) < 4.78 is 13.9. The topological polar surface area (TPSA) is 26.0 Å². The molecule has 2 N–H and O–H groups in total. The zero-order valence-electron chi connectivity index (χ0n) is 11.0. The minimum atomic E-state index is -0.412. The lowest BCUT2D eigenvalue weighted by Crippen LogP contribution is -2.15. The molecule has 0 heterocycles. The second kappa shape index (κ2) is 4.91. The Kier molecular flexibility index (Phi) is 3.48. The Bertz CT molecular complexity index is 575. The van der Waals surface area contributed by atoms with E-state index in [0.29, 0.717) is 5.56 Å². The lowest BCUT2D eigenvalue weighted by atomic mass is 9.92. The summed E-state index contributed by atoms with van der Waals surface area (Å²) in [6.07, 6.45) is 0. The maximum absolute atomic E-state index is 13.9. The molecule has 1 atom stereocenters. The predicted molar refractivity (Wildman–Crippen MR) is 73.1 cm³/mol. The molecule has 0 radical (unpaired) electrons. The average Bonchev–Trinajstić information content (AvgIpc) is 2.32. The smallest absolute Gasteiger partial charge is 0.128 e. The van der Waals surface area contributed by atoms with Gasteiger partial charge in [-0.2, -0.15) is 0 Å². The van der Waals surface area contributed by atoms with Gasteiger partial charge in [-0.1, -0.05) is 30.3 Å². The fourth-order valence-electron chi connectivity index (χ4n) is 2.16. The van der Waals surface area contributed by atoms with Crippen molar-refractivity contribution in [2.45, 2.75) is 26.8 Å². The van der Waals surface area contributed by atoms with Gasteiger partial charge in [-0.25, -0.2) is 4.39 Å². The molecule has 0 bridgehead atoms. The summed E-state index contributed by atoms with van der Waals surface area (Å²) in [7, 11) is 0. The van der Waals surface area contributed by atoms with Crippen LogP contribution in [0, 0.1) is 26.6 Å². The maximum Gasteiger partial charge on any atom is 0.128 e. The molecule has 0 aliphatic carbocycles. The van der Waals surface area contributed by atoms with E-state index >= 15 is 0 Å². The Hall–Kier alpha value is -1.67. The van der Waals surface area contributed by atoms with Crippen LogP contribution in [0.15, 0.2) is 36.4 Å². The van der Waals surface area contributed by atoms with E-state index in [4.69, 9.17) is 5.73 Å². The fraction of sp³-hybridized carbons (Fsp3) is 0.250. The highest BCUT2D eigenvalue weighted by Crippen LogP contribution is 2.26. The minimum Gasteiger partial charge on any atom is -0.320 e. The van der Waals surface area contributed by atoms with Gasteiger partial charge in [-0.3, -0.25) is 0 Å². The number of benzene rings is 2. The van der Waals surface area contributed by atoms with Crippen LogP contribution in [0.4, 0.5) is 4.39 Å². The third-order valence-corrected chi connectivity index (χ3v) is 3.47. The molecule has 0 saturated heterocycles. The van der Waals surface area contributed by atoms with E-state index in [1.54, 1.807) is 6.07 Å². The van der Waals surface area contributed by atoms with E-state index in [2.05, 4.69) is 0 Å². The molecule has 1 nitrogen and oxygen atoms in total. The van der Waals surface area contributed by atoms with Gasteiger partial charge in [0.2, 0.25) is 0 Å². The Balaban J connectivity index is 2.48. The third kappa shape index (κ3) is 2.29.